The van der Waals surface area contributed by atoms with Crippen molar-refractivity contribution in [3.05, 3.63) is 77.4 Å². The number of nitrogens with zero attached hydrogens (tertiary/aromatic N) is 3. The first kappa shape index (κ1) is 18.2. The van der Waals surface area contributed by atoms with Gasteiger partial charge in [0.1, 0.15) is 5.82 Å². The zero-order valence-corrected chi connectivity index (χ0v) is 17.1. The van der Waals surface area contributed by atoms with E-state index in [0.717, 1.165) is 38.1 Å². The maximum atomic E-state index is 9.63. The average Bonchev–Trinajstić information content (AvgIpc) is 3.57. The van der Waals surface area contributed by atoms with Crippen LogP contribution in [0.2, 0.25) is 0 Å². The van der Waals surface area contributed by atoms with Crippen LogP contribution in [0.4, 0.5) is 0 Å². The summed E-state index contributed by atoms with van der Waals surface area (Å²) in [5, 5.41) is 23.5. The molecule has 4 heteroatoms. The Hall–Kier alpha value is -4.59. The molecule has 0 unspecified atom stereocenters. The van der Waals surface area contributed by atoms with Crippen LogP contribution < -0.4 is 0 Å². The number of aromatic nitrogens is 2. The molecule has 0 spiro atoms. The highest BCUT2D eigenvalue weighted by Gasteiger charge is 2.19. The van der Waals surface area contributed by atoms with Gasteiger partial charge in [0.15, 0.2) is 0 Å². The quantitative estimate of drug-likeness (QED) is 0.271. The van der Waals surface area contributed by atoms with Crippen molar-refractivity contribution >= 4 is 32.6 Å². The van der Waals surface area contributed by atoms with E-state index in [1.165, 1.54) is 12.8 Å². The van der Waals surface area contributed by atoms with Crippen molar-refractivity contribution in [2.24, 2.45) is 5.92 Å². The highest BCUT2D eigenvalue weighted by Crippen LogP contribution is 2.37. The number of benzene rings is 4. The lowest BCUT2D eigenvalue weighted by atomic mass is 9.98. The molecule has 1 N–H and O–H groups in total. The monoisotopic (exact) mass is 408 g/mol. The average molecular weight is 408 g/mol. The van der Waals surface area contributed by atoms with Crippen molar-refractivity contribution < 1.29 is 0 Å². The summed E-state index contributed by atoms with van der Waals surface area (Å²) in [5.74, 6) is 7.75. The van der Waals surface area contributed by atoms with E-state index in [1.54, 1.807) is 18.2 Å². The molecule has 0 bridgehead atoms. The SMILES string of the molecule is N#Cc1cccc(C#N)c1-c1nc2c3ccccc3c3cc(C#CC4CC4)ccc3c2[nH]1. The Morgan fingerprint density at radius 1 is 0.812 bits per heavy atom. The molecule has 0 atom stereocenters. The number of hydrogen-bond donors (Lipinski definition) is 1. The summed E-state index contributed by atoms with van der Waals surface area (Å²) in [4.78, 5) is 8.31. The third-order valence-corrected chi connectivity index (χ3v) is 6.01. The fourth-order valence-electron chi connectivity index (χ4n) is 4.28. The molecule has 1 aliphatic rings. The highest BCUT2D eigenvalue weighted by molar-refractivity contribution is 6.23. The molecule has 0 aliphatic heterocycles. The zero-order chi connectivity index (χ0) is 21.7. The maximum absolute atomic E-state index is 9.63. The summed E-state index contributed by atoms with van der Waals surface area (Å²) in [7, 11) is 0. The molecule has 1 saturated carbocycles. The largest absolute Gasteiger partial charge is 0.337 e. The highest BCUT2D eigenvalue weighted by atomic mass is 14.9. The molecule has 148 valence electrons. The number of rotatable bonds is 1. The van der Waals surface area contributed by atoms with Gasteiger partial charge in [-0.25, -0.2) is 4.98 Å². The van der Waals surface area contributed by atoms with Gasteiger partial charge < -0.3 is 4.98 Å². The van der Waals surface area contributed by atoms with Crippen LogP contribution in [0.25, 0.3) is 44.0 Å². The first-order valence-electron chi connectivity index (χ1n) is 10.6. The third kappa shape index (κ3) is 2.81. The lowest BCUT2D eigenvalue weighted by molar-refractivity contribution is 1.18. The number of imidazole rings is 1. The van der Waals surface area contributed by atoms with Gasteiger partial charge >= 0.3 is 0 Å². The Labute approximate surface area is 184 Å². The standard InChI is InChI=1S/C28H16N4/c29-15-19-4-3-5-20(16-30)25(19)28-31-26-22-7-2-1-6-21(22)24-14-18(11-10-17-8-9-17)12-13-23(24)27(26)32-28/h1-7,12-14,17H,8-9H2,(H,31,32). The predicted octanol–water partition coefficient (Wildman–Crippen LogP) is 6.04. The number of nitrogens with one attached hydrogen (secondary N) is 1. The van der Waals surface area contributed by atoms with Crippen LogP contribution in [0, 0.1) is 40.4 Å². The minimum Gasteiger partial charge on any atom is -0.337 e. The second-order valence-electron chi connectivity index (χ2n) is 8.11. The smallest absolute Gasteiger partial charge is 0.141 e. The van der Waals surface area contributed by atoms with E-state index < -0.39 is 0 Å². The van der Waals surface area contributed by atoms with Crippen molar-refractivity contribution in [3.8, 4) is 35.4 Å². The molecule has 0 saturated heterocycles. The Morgan fingerprint density at radius 2 is 1.56 bits per heavy atom. The van der Waals surface area contributed by atoms with Gasteiger partial charge in [0, 0.05) is 22.3 Å². The number of H-pyrrole nitrogens is 1. The van der Waals surface area contributed by atoms with E-state index in [1.807, 2.05) is 12.1 Å². The number of fused-ring (bicyclic) bond motifs is 6. The zero-order valence-electron chi connectivity index (χ0n) is 17.1. The van der Waals surface area contributed by atoms with Crippen LogP contribution in [0.15, 0.2) is 60.7 Å². The van der Waals surface area contributed by atoms with Gasteiger partial charge in [-0.15, -0.1) is 0 Å². The Morgan fingerprint density at radius 3 is 2.28 bits per heavy atom. The molecule has 1 aromatic heterocycles. The second-order valence-corrected chi connectivity index (χ2v) is 8.11. The van der Waals surface area contributed by atoms with Crippen LogP contribution in [-0.4, -0.2) is 9.97 Å². The molecule has 4 aromatic carbocycles. The third-order valence-electron chi connectivity index (χ3n) is 6.01. The summed E-state index contributed by atoms with van der Waals surface area (Å²) in [6, 6.07) is 24.0. The van der Waals surface area contributed by atoms with Gasteiger partial charge in [0.25, 0.3) is 0 Å². The van der Waals surface area contributed by atoms with Gasteiger partial charge in [-0.3, -0.25) is 0 Å². The van der Waals surface area contributed by atoms with Gasteiger partial charge in [0.05, 0.1) is 39.9 Å². The Balaban J connectivity index is 1.68. The van der Waals surface area contributed by atoms with Gasteiger partial charge in [-0.1, -0.05) is 48.2 Å². The molecular weight excluding hydrogens is 392 g/mol. The van der Waals surface area contributed by atoms with Crippen LogP contribution >= 0.6 is 0 Å². The minimum absolute atomic E-state index is 0.425. The van der Waals surface area contributed by atoms with Crippen LogP contribution in [-0.2, 0) is 0 Å². The van der Waals surface area contributed by atoms with E-state index in [-0.39, 0.29) is 0 Å². The molecular formula is C28H16N4. The van der Waals surface area contributed by atoms with Crippen LogP contribution in [0.5, 0.6) is 0 Å². The summed E-state index contributed by atoms with van der Waals surface area (Å²) in [6.07, 6.45) is 2.41. The van der Waals surface area contributed by atoms with Gasteiger partial charge in [-0.05, 0) is 47.9 Å². The Bertz CT molecular complexity index is 1680. The van der Waals surface area contributed by atoms with Crippen LogP contribution in [0.3, 0.4) is 0 Å². The lowest BCUT2D eigenvalue weighted by Gasteiger charge is -2.06. The number of nitriles is 2. The van der Waals surface area contributed by atoms with E-state index >= 15 is 0 Å². The van der Waals surface area contributed by atoms with E-state index in [9.17, 15) is 10.5 Å². The second kappa shape index (κ2) is 6.98. The van der Waals surface area contributed by atoms with Crippen LogP contribution in [0.1, 0.15) is 29.5 Å². The first-order valence-corrected chi connectivity index (χ1v) is 10.6. The fraction of sp³-hybridized carbons (Fsp3) is 0.107. The summed E-state index contributed by atoms with van der Waals surface area (Å²) < 4.78 is 0. The fourth-order valence-corrected chi connectivity index (χ4v) is 4.28. The van der Waals surface area contributed by atoms with Gasteiger partial charge in [-0.2, -0.15) is 10.5 Å². The predicted molar refractivity (Wildman–Crippen MR) is 126 cm³/mol. The summed E-state index contributed by atoms with van der Waals surface area (Å²) in [6.45, 7) is 0. The molecule has 6 rings (SSSR count). The van der Waals surface area contributed by atoms with Crippen molar-refractivity contribution in [2.75, 3.05) is 0 Å². The summed E-state index contributed by atoms with van der Waals surface area (Å²) >= 11 is 0. The van der Waals surface area contributed by atoms with Crippen molar-refractivity contribution in [1.29, 1.82) is 10.5 Å². The maximum Gasteiger partial charge on any atom is 0.141 e. The van der Waals surface area contributed by atoms with Crippen molar-refractivity contribution in [1.82, 2.24) is 9.97 Å². The molecule has 1 heterocycles. The van der Waals surface area contributed by atoms with Crippen molar-refractivity contribution in [2.45, 2.75) is 12.8 Å². The van der Waals surface area contributed by atoms with Gasteiger partial charge in [0.2, 0.25) is 0 Å². The van der Waals surface area contributed by atoms with E-state index in [2.05, 4.69) is 59.3 Å². The molecule has 0 radical (unpaired) electrons. The van der Waals surface area contributed by atoms with E-state index in [4.69, 9.17) is 4.98 Å². The van der Waals surface area contributed by atoms with E-state index in [0.29, 0.717) is 28.4 Å². The molecule has 1 fully saturated rings. The number of aromatic amines is 1. The first-order chi connectivity index (χ1) is 15.8. The summed E-state index contributed by atoms with van der Waals surface area (Å²) in [5.41, 5.74) is 4.13. The molecule has 0 amide bonds. The number of hydrogen-bond acceptors (Lipinski definition) is 3. The molecule has 1 aliphatic carbocycles. The Kier molecular flexibility index (Phi) is 3.97. The van der Waals surface area contributed by atoms with Crippen molar-refractivity contribution in [3.63, 3.8) is 0 Å². The molecule has 32 heavy (non-hydrogen) atoms. The normalized spacial score (nSPS) is 12.9. The topological polar surface area (TPSA) is 76.3 Å². The molecule has 4 nitrogen and oxygen atoms in total. The molecule has 5 aromatic rings. The minimum atomic E-state index is 0.425. The lowest BCUT2D eigenvalue weighted by Crippen LogP contribution is -1.91.